The second kappa shape index (κ2) is 4.43. The topological polar surface area (TPSA) is 47.8 Å². The van der Waals surface area contributed by atoms with Crippen LogP contribution in [0.5, 0.6) is 0 Å². The Labute approximate surface area is 113 Å². The summed E-state index contributed by atoms with van der Waals surface area (Å²) in [5.74, 6) is 3.59. The summed E-state index contributed by atoms with van der Waals surface area (Å²) in [7, 11) is 0. The molecule has 3 fully saturated rings. The van der Waals surface area contributed by atoms with Crippen molar-refractivity contribution in [3.8, 4) is 0 Å². The Kier molecular flexibility index (Phi) is 2.71. The van der Waals surface area contributed by atoms with Crippen LogP contribution >= 0.6 is 0 Å². The van der Waals surface area contributed by atoms with E-state index < -0.39 is 0 Å². The van der Waals surface area contributed by atoms with E-state index in [0.29, 0.717) is 18.1 Å². The third-order valence-corrected chi connectivity index (χ3v) is 5.24. The molecule has 3 unspecified atom stereocenters. The molecule has 0 amide bonds. The van der Waals surface area contributed by atoms with E-state index in [4.69, 9.17) is 0 Å². The van der Waals surface area contributed by atoms with E-state index in [9.17, 15) is 4.79 Å². The molecule has 0 spiro atoms. The lowest BCUT2D eigenvalue weighted by molar-refractivity contribution is -0.120. The van der Waals surface area contributed by atoms with E-state index in [1.54, 1.807) is 0 Å². The third kappa shape index (κ3) is 2.33. The maximum Gasteiger partial charge on any atom is 0.133 e. The summed E-state index contributed by atoms with van der Waals surface area (Å²) in [5, 5.41) is 8.58. The molecular weight excluding hydrogens is 238 g/mol. The Morgan fingerprint density at radius 3 is 2.89 bits per heavy atom. The van der Waals surface area contributed by atoms with Crippen LogP contribution in [0.4, 0.5) is 0 Å². The molecule has 0 N–H and O–H groups in total. The minimum Gasteiger partial charge on any atom is -0.300 e. The van der Waals surface area contributed by atoms with Gasteiger partial charge in [-0.05, 0) is 49.9 Å². The summed E-state index contributed by atoms with van der Waals surface area (Å²) < 4.78 is 2.02. The van der Waals surface area contributed by atoms with Crippen molar-refractivity contribution in [2.45, 2.75) is 57.4 Å². The zero-order valence-corrected chi connectivity index (χ0v) is 11.3. The summed E-state index contributed by atoms with van der Waals surface area (Å²) in [5.41, 5.74) is 1.04. The van der Waals surface area contributed by atoms with Gasteiger partial charge in [0, 0.05) is 31.5 Å². The highest BCUT2D eigenvalue weighted by Gasteiger charge is 2.45. The van der Waals surface area contributed by atoms with E-state index in [0.717, 1.165) is 49.3 Å². The molecule has 1 heterocycles. The SMILES string of the molecule is O=C1CCCC(c2cn(CC3CC4CC4C3)nn2)C1. The van der Waals surface area contributed by atoms with Gasteiger partial charge in [-0.2, -0.15) is 0 Å². The van der Waals surface area contributed by atoms with Crippen molar-refractivity contribution < 1.29 is 4.79 Å². The van der Waals surface area contributed by atoms with Crippen molar-refractivity contribution in [1.29, 1.82) is 0 Å². The highest BCUT2D eigenvalue weighted by molar-refractivity contribution is 5.79. The molecule has 0 radical (unpaired) electrons. The first-order chi connectivity index (χ1) is 9.28. The standard InChI is InChI=1S/C15H21N3O/c19-14-3-1-2-11(7-14)15-9-18(17-16-15)8-10-4-12-6-13(12)5-10/h9-13H,1-8H2. The number of rotatable bonds is 3. The first-order valence-corrected chi connectivity index (χ1v) is 7.69. The van der Waals surface area contributed by atoms with Gasteiger partial charge in [-0.15, -0.1) is 5.10 Å². The number of nitrogens with zero attached hydrogens (tertiary/aromatic N) is 3. The number of hydrogen-bond acceptors (Lipinski definition) is 3. The van der Waals surface area contributed by atoms with E-state index in [1.807, 2.05) is 4.68 Å². The van der Waals surface area contributed by atoms with Gasteiger partial charge in [-0.1, -0.05) is 5.21 Å². The molecular formula is C15H21N3O. The first-order valence-electron chi connectivity index (χ1n) is 7.69. The monoisotopic (exact) mass is 259 g/mol. The molecule has 19 heavy (non-hydrogen) atoms. The lowest BCUT2D eigenvalue weighted by atomic mass is 9.86. The van der Waals surface area contributed by atoms with Gasteiger partial charge in [0.15, 0.2) is 0 Å². The smallest absolute Gasteiger partial charge is 0.133 e. The van der Waals surface area contributed by atoms with Crippen LogP contribution in [0.1, 0.15) is 56.6 Å². The van der Waals surface area contributed by atoms with Gasteiger partial charge in [0.25, 0.3) is 0 Å². The molecule has 1 aromatic rings. The van der Waals surface area contributed by atoms with Crippen molar-refractivity contribution in [2.75, 3.05) is 0 Å². The second-order valence-electron chi connectivity index (χ2n) is 6.79. The van der Waals surface area contributed by atoms with Gasteiger partial charge in [0.05, 0.1) is 5.69 Å². The van der Waals surface area contributed by atoms with Crippen molar-refractivity contribution in [2.24, 2.45) is 17.8 Å². The second-order valence-corrected chi connectivity index (χ2v) is 6.79. The molecule has 3 atom stereocenters. The number of carbonyl (C=O) groups is 1. The predicted octanol–water partition coefficient (Wildman–Crippen LogP) is 2.55. The van der Waals surface area contributed by atoms with Crippen LogP contribution in [0.25, 0.3) is 0 Å². The lowest BCUT2D eigenvalue weighted by Gasteiger charge is -2.18. The van der Waals surface area contributed by atoms with Crippen LogP contribution in [-0.2, 0) is 11.3 Å². The van der Waals surface area contributed by atoms with Gasteiger partial charge in [-0.25, -0.2) is 0 Å². The van der Waals surface area contributed by atoms with Gasteiger partial charge in [0.1, 0.15) is 5.78 Å². The molecule has 0 aromatic carbocycles. The highest BCUT2D eigenvalue weighted by atomic mass is 16.1. The van der Waals surface area contributed by atoms with Crippen LogP contribution < -0.4 is 0 Å². The Morgan fingerprint density at radius 2 is 2.11 bits per heavy atom. The fourth-order valence-corrected chi connectivity index (χ4v) is 4.12. The number of Topliss-reactive ketones (excluding diaryl/α,β-unsaturated/α-hetero) is 1. The zero-order chi connectivity index (χ0) is 12.8. The minimum atomic E-state index is 0.326. The van der Waals surface area contributed by atoms with Gasteiger partial charge >= 0.3 is 0 Å². The van der Waals surface area contributed by atoms with Crippen molar-refractivity contribution in [3.63, 3.8) is 0 Å². The normalized spacial score (nSPS) is 37.4. The highest BCUT2D eigenvalue weighted by Crippen LogP contribution is 2.54. The molecule has 3 aliphatic rings. The van der Waals surface area contributed by atoms with Crippen LogP contribution in [-0.4, -0.2) is 20.8 Å². The number of hydrogen-bond donors (Lipinski definition) is 0. The lowest BCUT2D eigenvalue weighted by Crippen LogP contribution is -2.13. The third-order valence-electron chi connectivity index (χ3n) is 5.24. The van der Waals surface area contributed by atoms with Gasteiger partial charge in [0.2, 0.25) is 0 Å². The van der Waals surface area contributed by atoms with Crippen LogP contribution in [0.3, 0.4) is 0 Å². The fourth-order valence-electron chi connectivity index (χ4n) is 4.12. The molecule has 3 aliphatic carbocycles. The Balaban J connectivity index is 1.39. The Bertz CT molecular complexity index is 485. The maximum atomic E-state index is 11.5. The van der Waals surface area contributed by atoms with E-state index in [1.165, 1.54) is 19.3 Å². The van der Waals surface area contributed by atoms with Crippen LogP contribution in [0, 0.1) is 17.8 Å². The predicted molar refractivity (Wildman–Crippen MR) is 70.6 cm³/mol. The van der Waals surface area contributed by atoms with E-state index in [2.05, 4.69) is 16.5 Å². The summed E-state index contributed by atoms with van der Waals surface area (Å²) in [6, 6.07) is 0. The van der Waals surface area contributed by atoms with Gasteiger partial charge in [-0.3, -0.25) is 9.48 Å². The van der Waals surface area contributed by atoms with Crippen molar-refractivity contribution in [3.05, 3.63) is 11.9 Å². The zero-order valence-electron chi connectivity index (χ0n) is 11.3. The van der Waals surface area contributed by atoms with E-state index in [-0.39, 0.29) is 0 Å². The number of carbonyl (C=O) groups excluding carboxylic acids is 1. The fraction of sp³-hybridized carbons (Fsp3) is 0.800. The number of aromatic nitrogens is 3. The molecule has 4 heteroatoms. The first kappa shape index (κ1) is 11.6. The van der Waals surface area contributed by atoms with Crippen LogP contribution in [0.2, 0.25) is 0 Å². The van der Waals surface area contributed by atoms with Gasteiger partial charge < -0.3 is 0 Å². The summed E-state index contributed by atoms with van der Waals surface area (Å²) in [6.45, 7) is 1.03. The molecule has 1 aromatic heterocycles. The van der Waals surface area contributed by atoms with Crippen molar-refractivity contribution >= 4 is 5.78 Å². The average Bonchev–Trinajstić information content (AvgIpc) is 2.84. The summed E-state index contributed by atoms with van der Waals surface area (Å²) in [6.07, 6.45) is 9.89. The Morgan fingerprint density at radius 1 is 1.26 bits per heavy atom. The van der Waals surface area contributed by atoms with E-state index >= 15 is 0 Å². The number of ketones is 1. The minimum absolute atomic E-state index is 0.326. The summed E-state index contributed by atoms with van der Waals surface area (Å²) in [4.78, 5) is 11.5. The summed E-state index contributed by atoms with van der Waals surface area (Å²) >= 11 is 0. The molecule has 102 valence electrons. The molecule has 3 saturated carbocycles. The van der Waals surface area contributed by atoms with Crippen molar-refractivity contribution in [1.82, 2.24) is 15.0 Å². The van der Waals surface area contributed by atoms with Crippen LogP contribution in [0.15, 0.2) is 6.20 Å². The molecule has 4 rings (SSSR count). The Hall–Kier alpha value is -1.19. The number of fused-ring (bicyclic) bond motifs is 1. The molecule has 0 saturated heterocycles. The maximum absolute atomic E-state index is 11.5. The molecule has 0 bridgehead atoms. The molecule has 4 nitrogen and oxygen atoms in total. The largest absolute Gasteiger partial charge is 0.300 e. The quantitative estimate of drug-likeness (QED) is 0.838. The molecule has 0 aliphatic heterocycles. The average molecular weight is 259 g/mol.